The minimum Gasteiger partial charge on any atom is -0.481 e. The van der Waals surface area contributed by atoms with Crippen LogP contribution in [0.2, 0.25) is 10.0 Å². The lowest BCUT2D eigenvalue weighted by atomic mass is 9.92. The molecule has 270 valence electrons. The summed E-state index contributed by atoms with van der Waals surface area (Å²) in [6.45, 7) is 6.34. The largest absolute Gasteiger partial charge is 0.481 e. The predicted molar refractivity (Wildman–Crippen MR) is 191 cm³/mol. The molecular formula is C34H36Cl2N12O4. The first-order chi connectivity index (χ1) is 25.3. The first-order valence-electron chi connectivity index (χ1n) is 16.1. The number of nitrogens with one attached hydrogen (secondary N) is 4. The summed E-state index contributed by atoms with van der Waals surface area (Å²) in [6.07, 6.45) is 0. The topological polar surface area (TPSA) is 196 Å². The van der Waals surface area contributed by atoms with Crippen molar-refractivity contribution in [3.05, 3.63) is 104 Å². The van der Waals surface area contributed by atoms with Crippen LogP contribution in [0.4, 0.5) is 0 Å². The van der Waals surface area contributed by atoms with Gasteiger partial charge in [0.25, 0.3) is 0 Å². The molecule has 0 saturated carbocycles. The van der Waals surface area contributed by atoms with Gasteiger partial charge < -0.3 is 29.6 Å². The number of H-pyrrole nitrogens is 2. The number of aromatic nitrogens is 10. The highest BCUT2D eigenvalue weighted by molar-refractivity contribution is 6.32. The SMILES string of the molecule is COc1nc(OCc2cccc(-c3cccc(COc4nc(OC)c(CNCc5nn[nH]n5)cc4Cl)c3C)c2C)c(Cl)cc1CNCc1nn[nH]n1. The Morgan fingerprint density at radius 3 is 1.42 bits per heavy atom. The molecule has 4 aromatic heterocycles. The summed E-state index contributed by atoms with van der Waals surface area (Å²) in [7, 11) is 3.10. The fraction of sp³-hybridized carbons (Fsp3) is 0.294. The van der Waals surface area contributed by atoms with E-state index in [1.165, 1.54) is 0 Å². The molecule has 4 heterocycles. The minimum atomic E-state index is 0.251. The van der Waals surface area contributed by atoms with Gasteiger partial charge in [0.1, 0.15) is 23.3 Å². The maximum Gasteiger partial charge on any atom is 0.236 e. The predicted octanol–water partition coefficient (Wildman–Crippen LogP) is 4.85. The van der Waals surface area contributed by atoms with Crippen molar-refractivity contribution in [2.45, 2.75) is 53.2 Å². The molecule has 0 saturated heterocycles. The van der Waals surface area contributed by atoms with Crippen molar-refractivity contribution in [1.29, 1.82) is 0 Å². The highest BCUT2D eigenvalue weighted by Gasteiger charge is 2.17. The number of rotatable bonds is 17. The number of pyridine rings is 2. The average Bonchev–Trinajstić information content (AvgIpc) is 3.87. The Balaban J connectivity index is 1.12. The van der Waals surface area contributed by atoms with Crippen molar-refractivity contribution in [2.24, 2.45) is 0 Å². The van der Waals surface area contributed by atoms with Crippen LogP contribution < -0.4 is 29.6 Å². The molecule has 0 amide bonds. The number of methoxy groups -OCH3 is 2. The Morgan fingerprint density at radius 2 is 1.04 bits per heavy atom. The van der Waals surface area contributed by atoms with Crippen molar-refractivity contribution >= 4 is 23.2 Å². The van der Waals surface area contributed by atoms with E-state index in [0.29, 0.717) is 59.6 Å². The second-order valence-corrected chi connectivity index (χ2v) is 12.3. The Morgan fingerprint density at radius 1 is 0.596 bits per heavy atom. The number of hydrogen-bond acceptors (Lipinski definition) is 14. The molecule has 0 aliphatic carbocycles. The standard InChI is InChI=1S/C34H36Cl2N12O4/c1-19-21(17-51-33-27(35)11-23(31(39-33)49-3)13-37-15-29-41-45-46-42-29)7-5-9-25(19)26-10-6-8-22(20(26)2)18-52-34-28(36)12-24(32(40-34)50-4)14-38-16-30-43-47-48-44-30/h5-12,37-38H,13-18H2,1-4H3,(H,41,42,45,46)(H,43,44,47,48). The van der Waals surface area contributed by atoms with Crippen LogP contribution in [-0.4, -0.2) is 65.4 Å². The van der Waals surface area contributed by atoms with Gasteiger partial charge in [-0.2, -0.15) is 20.4 Å². The maximum absolute atomic E-state index is 6.60. The number of nitrogens with zero attached hydrogens (tertiary/aromatic N) is 8. The smallest absolute Gasteiger partial charge is 0.236 e. The van der Waals surface area contributed by atoms with Crippen LogP contribution in [0.15, 0.2) is 48.5 Å². The molecule has 0 spiro atoms. The van der Waals surface area contributed by atoms with E-state index in [1.807, 2.05) is 24.3 Å². The molecular weight excluding hydrogens is 711 g/mol. The van der Waals surface area contributed by atoms with E-state index in [1.54, 1.807) is 26.4 Å². The normalized spacial score (nSPS) is 11.1. The number of ether oxygens (including phenoxy) is 4. The summed E-state index contributed by atoms with van der Waals surface area (Å²) >= 11 is 13.2. The van der Waals surface area contributed by atoms with Gasteiger partial charge in [-0.3, -0.25) is 0 Å². The molecule has 4 N–H and O–H groups in total. The molecule has 0 bridgehead atoms. The first kappa shape index (κ1) is 36.4. The summed E-state index contributed by atoms with van der Waals surface area (Å²) < 4.78 is 23.3. The quantitative estimate of drug-likeness (QED) is 0.0989. The molecule has 0 unspecified atom stereocenters. The third-order valence-electron chi connectivity index (χ3n) is 8.24. The third kappa shape index (κ3) is 8.71. The maximum atomic E-state index is 6.60. The Hall–Kier alpha value is -5.42. The summed E-state index contributed by atoms with van der Waals surface area (Å²) in [6, 6.07) is 15.8. The zero-order chi connectivity index (χ0) is 36.5. The van der Waals surface area contributed by atoms with E-state index in [0.717, 1.165) is 44.5 Å². The molecule has 0 aliphatic heterocycles. The zero-order valence-electron chi connectivity index (χ0n) is 28.8. The summed E-state index contributed by atoms with van der Waals surface area (Å²) in [5, 5.41) is 34.9. The Kier molecular flexibility index (Phi) is 12.0. The number of tetrazole rings is 2. The van der Waals surface area contributed by atoms with Gasteiger partial charge in [-0.15, -0.1) is 20.4 Å². The van der Waals surface area contributed by atoms with Crippen molar-refractivity contribution in [3.8, 4) is 34.6 Å². The van der Waals surface area contributed by atoms with Crippen LogP contribution >= 0.6 is 23.2 Å². The highest BCUT2D eigenvalue weighted by Crippen LogP contribution is 2.34. The molecule has 0 atom stereocenters. The monoisotopic (exact) mass is 746 g/mol. The van der Waals surface area contributed by atoms with Gasteiger partial charge in [-0.05, 0) is 59.4 Å². The van der Waals surface area contributed by atoms with Gasteiger partial charge in [0.05, 0.1) is 27.3 Å². The third-order valence-corrected chi connectivity index (χ3v) is 8.78. The van der Waals surface area contributed by atoms with Crippen molar-refractivity contribution in [1.82, 2.24) is 61.8 Å². The molecule has 0 fully saturated rings. The number of hydrogen-bond donors (Lipinski definition) is 4. The van der Waals surface area contributed by atoms with Gasteiger partial charge in [0.2, 0.25) is 23.5 Å². The zero-order valence-corrected chi connectivity index (χ0v) is 30.3. The van der Waals surface area contributed by atoms with Crippen molar-refractivity contribution in [2.75, 3.05) is 14.2 Å². The van der Waals surface area contributed by atoms with Crippen molar-refractivity contribution in [3.63, 3.8) is 0 Å². The molecule has 52 heavy (non-hydrogen) atoms. The van der Waals surface area contributed by atoms with Gasteiger partial charge in [0, 0.05) is 24.2 Å². The highest BCUT2D eigenvalue weighted by atomic mass is 35.5. The molecule has 6 aromatic rings. The van der Waals surface area contributed by atoms with E-state index >= 15 is 0 Å². The van der Waals surface area contributed by atoms with Crippen LogP contribution in [0.5, 0.6) is 23.5 Å². The van der Waals surface area contributed by atoms with Gasteiger partial charge in [-0.1, -0.05) is 70.0 Å². The lowest BCUT2D eigenvalue weighted by Gasteiger charge is -2.17. The summed E-state index contributed by atoms with van der Waals surface area (Å²) in [5.41, 5.74) is 7.75. The molecule has 6 rings (SSSR count). The summed E-state index contributed by atoms with van der Waals surface area (Å²) in [5.74, 6) is 2.44. The van der Waals surface area contributed by atoms with Crippen molar-refractivity contribution < 1.29 is 18.9 Å². The summed E-state index contributed by atoms with van der Waals surface area (Å²) in [4.78, 5) is 9.07. The van der Waals surface area contributed by atoms with E-state index in [9.17, 15) is 0 Å². The van der Waals surface area contributed by atoms with Crippen LogP contribution in [0, 0.1) is 13.8 Å². The van der Waals surface area contributed by atoms with Gasteiger partial charge in [0.15, 0.2) is 11.6 Å². The minimum absolute atomic E-state index is 0.251. The number of benzene rings is 2. The van der Waals surface area contributed by atoms with Crippen LogP contribution in [0.1, 0.15) is 45.0 Å². The van der Waals surface area contributed by atoms with E-state index in [2.05, 4.69) is 87.8 Å². The second-order valence-electron chi connectivity index (χ2n) is 11.5. The van der Waals surface area contributed by atoms with Crippen LogP contribution in [0.25, 0.3) is 11.1 Å². The van der Waals surface area contributed by atoms with Gasteiger partial charge in [-0.25, -0.2) is 0 Å². The molecule has 2 aromatic carbocycles. The first-order valence-corrected chi connectivity index (χ1v) is 16.9. The molecule has 18 heteroatoms. The molecule has 16 nitrogen and oxygen atoms in total. The van der Waals surface area contributed by atoms with E-state index in [-0.39, 0.29) is 25.0 Å². The lowest BCUT2D eigenvalue weighted by molar-refractivity contribution is 0.285. The van der Waals surface area contributed by atoms with Crippen LogP contribution in [-0.2, 0) is 39.4 Å². The average molecular weight is 748 g/mol. The second kappa shape index (κ2) is 17.2. The fourth-order valence-electron chi connectivity index (χ4n) is 5.49. The molecule has 0 radical (unpaired) electrons. The fourth-order valence-corrected chi connectivity index (χ4v) is 5.94. The van der Waals surface area contributed by atoms with E-state index in [4.69, 9.17) is 42.1 Å². The Bertz CT molecular complexity index is 1950. The molecule has 0 aliphatic rings. The number of aromatic amines is 2. The van der Waals surface area contributed by atoms with E-state index < -0.39 is 0 Å². The van der Waals surface area contributed by atoms with Gasteiger partial charge >= 0.3 is 0 Å². The Labute approximate surface area is 309 Å². The van der Waals surface area contributed by atoms with Crippen LogP contribution in [0.3, 0.4) is 0 Å². The number of halogens is 2. The lowest BCUT2D eigenvalue weighted by Crippen LogP contribution is -2.15.